The fourth-order valence-corrected chi connectivity index (χ4v) is 1.51. The lowest BCUT2D eigenvalue weighted by Gasteiger charge is -2.11. The molecule has 0 amide bonds. The first kappa shape index (κ1) is 17.2. The molecule has 0 saturated heterocycles. The maximum Gasteiger partial charge on any atom is 0.328 e. The van der Waals surface area contributed by atoms with Gasteiger partial charge in [-0.05, 0) is 25.0 Å². The summed E-state index contributed by atoms with van der Waals surface area (Å²) in [7, 11) is 0. The van der Waals surface area contributed by atoms with Crippen LogP contribution in [0.4, 0.5) is 0 Å². The molecule has 1 aromatic carbocycles. The third-order valence-electron chi connectivity index (χ3n) is 2.47. The normalized spacial score (nSPS) is 11.3. The van der Waals surface area contributed by atoms with E-state index in [2.05, 4.69) is 9.83 Å². The molecule has 1 atom stereocenters. The number of guanidine groups is 1. The number of carbonyl (C=O) groups excluding carboxylic acids is 1. The van der Waals surface area contributed by atoms with E-state index in [1.54, 1.807) is 0 Å². The number of rotatable bonds is 8. The number of nitrogens with two attached hydrogens (primary N) is 3. The first-order valence-electron chi connectivity index (χ1n) is 6.33. The Labute approximate surface area is 126 Å². The molecule has 1 unspecified atom stereocenters. The Balaban J connectivity index is 2.49. The fourth-order valence-electron chi connectivity index (χ4n) is 1.51. The van der Waals surface area contributed by atoms with Crippen LogP contribution < -0.4 is 26.8 Å². The van der Waals surface area contributed by atoms with E-state index in [0.29, 0.717) is 19.4 Å². The second-order valence-corrected chi connectivity index (χ2v) is 4.27. The van der Waals surface area contributed by atoms with E-state index in [4.69, 9.17) is 21.9 Å². The van der Waals surface area contributed by atoms with Crippen molar-refractivity contribution in [1.82, 2.24) is 0 Å². The topological polar surface area (TPSA) is 169 Å². The molecule has 1 aromatic rings. The van der Waals surface area contributed by atoms with E-state index in [0.717, 1.165) is 0 Å². The monoisotopic (exact) mass is 311 g/mol. The minimum atomic E-state index is -0.962. The van der Waals surface area contributed by atoms with Crippen molar-refractivity contribution in [2.45, 2.75) is 18.9 Å². The summed E-state index contributed by atoms with van der Waals surface area (Å²) in [5.74, 6) is -0.651. The first-order chi connectivity index (χ1) is 10.4. The van der Waals surface area contributed by atoms with E-state index in [1.165, 1.54) is 24.3 Å². The molecule has 22 heavy (non-hydrogen) atoms. The predicted molar refractivity (Wildman–Crippen MR) is 77.6 cm³/mol. The molecule has 0 aliphatic rings. The zero-order valence-electron chi connectivity index (χ0n) is 11.7. The Kier molecular flexibility index (Phi) is 6.57. The molecule has 0 aliphatic carbocycles. The third kappa shape index (κ3) is 6.52. The number of aliphatic imine (C=N–C) groups is 1. The van der Waals surface area contributed by atoms with Crippen LogP contribution in [0.15, 0.2) is 29.3 Å². The maximum absolute atomic E-state index is 11.8. The van der Waals surface area contributed by atoms with Gasteiger partial charge in [-0.2, -0.15) is 0 Å². The SMILES string of the molecule is NC(N)=NCCCC(N)C(=O)Oc1cccc(O[N+](=O)[O-])c1. The average Bonchev–Trinajstić information content (AvgIpc) is 2.42. The minimum Gasteiger partial charge on any atom is -0.425 e. The lowest BCUT2D eigenvalue weighted by molar-refractivity contribution is -0.711. The van der Waals surface area contributed by atoms with Crippen LogP contribution in [-0.4, -0.2) is 29.6 Å². The molecule has 0 spiro atoms. The molecule has 0 radical (unpaired) electrons. The van der Waals surface area contributed by atoms with Gasteiger partial charge < -0.3 is 21.9 Å². The summed E-state index contributed by atoms with van der Waals surface area (Å²) in [6, 6.07) is 4.62. The van der Waals surface area contributed by atoms with Gasteiger partial charge in [-0.3, -0.25) is 9.83 Å². The smallest absolute Gasteiger partial charge is 0.328 e. The molecule has 10 heteroatoms. The predicted octanol–water partition coefficient (Wildman–Crippen LogP) is -0.457. The number of benzene rings is 1. The summed E-state index contributed by atoms with van der Waals surface area (Å²) in [4.78, 5) is 30.0. The highest BCUT2D eigenvalue weighted by atomic mass is 17.0. The molecule has 0 aliphatic heterocycles. The molecular formula is C12H17N5O5. The Hall–Kier alpha value is -2.88. The van der Waals surface area contributed by atoms with E-state index >= 15 is 0 Å². The maximum atomic E-state index is 11.8. The van der Waals surface area contributed by atoms with Gasteiger partial charge in [-0.25, -0.2) is 4.79 Å². The molecule has 6 N–H and O–H groups in total. The quantitative estimate of drug-likeness (QED) is 0.110. The van der Waals surface area contributed by atoms with Gasteiger partial charge in [0, 0.05) is 12.6 Å². The van der Waals surface area contributed by atoms with Crippen molar-refractivity contribution in [1.29, 1.82) is 0 Å². The van der Waals surface area contributed by atoms with E-state index in [-0.39, 0.29) is 17.5 Å². The van der Waals surface area contributed by atoms with E-state index < -0.39 is 17.1 Å². The van der Waals surface area contributed by atoms with Crippen LogP contribution >= 0.6 is 0 Å². The Bertz CT molecular complexity index is 559. The Morgan fingerprint density at radius 1 is 1.36 bits per heavy atom. The zero-order chi connectivity index (χ0) is 16.5. The second-order valence-electron chi connectivity index (χ2n) is 4.27. The van der Waals surface area contributed by atoms with Gasteiger partial charge in [0.1, 0.15) is 17.5 Å². The second kappa shape index (κ2) is 8.42. The van der Waals surface area contributed by atoms with Crippen molar-refractivity contribution in [3.63, 3.8) is 0 Å². The van der Waals surface area contributed by atoms with Crippen molar-refractivity contribution in [2.75, 3.05) is 6.54 Å². The summed E-state index contributed by atoms with van der Waals surface area (Å²) < 4.78 is 5.02. The van der Waals surface area contributed by atoms with Crippen LogP contribution in [0.5, 0.6) is 11.5 Å². The molecule has 0 saturated carbocycles. The lowest BCUT2D eigenvalue weighted by atomic mass is 10.2. The summed E-state index contributed by atoms with van der Waals surface area (Å²) in [6.45, 7) is 0.357. The van der Waals surface area contributed by atoms with Gasteiger partial charge in [-0.1, -0.05) is 6.07 Å². The highest BCUT2D eigenvalue weighted by Crippen LogP contribution is 2.20. The van der Waals surface area contributed by atoms with Crippen LogP contribution in [-0.2, 0) is 4.79 Å². The molecule has 1 rings (SSSR count). The average molecular weight is 311 g/mol. The molecule has 0 fully saturated rings. The van der Waals surface area contributed by atoms with Gasteiger partial charge in [0.2, 0.25) is 0 Å². The molecule has 0 heterocycles. The van der Waals surface area contributed by atoms with Crippen LogP contribution in [0.3, 0.4) is 0 Å². The van der Waals surface area contributed by atoms with Crippen LogP contribution in [0.2, 0.25) is 0 Å². The Morgan fingerprint density at radius 3 is 2.68 bits per heavy atom. The summed E-state index contributed by atoms with van der Waals surface area (Å²) in [5.41, 5.74) is 16.0. The van der Waals surface area contributed by atoms with Gasteiger partial charge in [0.15, 0.2) is 5.96 Å². The van der Waals surface area contributed by atoms with Crippen LogP contribution in [0, 0.1) is 10.1 Å². The number of ether oxygens (including phenoxy) is 1. The van der Waals surface area contributed by atoms with Gasteiger partial charge in [-0.15, -0.1) is 10.1 Å². The molecule has 120 valence electrons. The van der Waals surface area contributed by atoms with Crippen LogP contribution in [0.25, 0.3) is 0 Å². The molecule has 0 bridgehead atoms. The Morgan fingerprint density at radius 2 is 2.05 bits per heavy atom. The van der Waals surface area contributed by atoms with Gasteiger partial charge in [0.25, 0.3) is 5.09 Å². The largest absolute Gasteiger partial charge is 0.425 e. The highest BCUT2D eigenvalue weighted by Gasteiger charge is 2.16. The number of nitrogens with zero attached hydrogens (tertiary/aromatic N) is 2. The van der Waals surface area contributed by atoms with E-state index in [1.807, 2.05) is 0 Å². The van der Waals surface area contributed by atoms with Crippen molar-refractivity contribution < 1.29 is 19.5 Å². The first-order valence-corrected chi connectivity index (χ1v) is 6.33. The molecule has 10 nitrogen and oxygen atoms in total. The minimum absolute atomic E-state index is 0.0289. The van der Waals surface area contributed by atoms with Gasteiger partial charge in [0.05, 0.1) is 0 Å². The zero-order valence-corrected chi connectivity index (χ0v) is 11.7. The number of hydrogen-bond donors (Lipinski definition) is 3. The summed E-state index contributed by atoms with van der Waals surface area (Å²) in [6.07, 6.45) is 0.847. The summed E-state index contributed by atoms with van der Waals surface area (Å²) in [5, 5.41) is 9.27. The standard InChI is InChI=1S/C12H17N5O5/c13-10(5-2-6-16-12(14)15)11(18)21-8-3-1-4-9(7-8)22-17(19)20/h1,3-4,7,10H,2,5-6,13H2,(H4,14,15,16). The number of hydrogen-bond acceptors (Lipinski definition) is 7. The van der Waals surface area contributed by atoms with Crippen LogP contribution in [0.1, 0.15) is 12.8 Å². The summed E-state index contributed by atoms with van der Waals surface area (Å²) >= 11 is 0. The van der Waals surface area contributed by atoms with E-state index in [9.17, 15) is 14.9 Å². The highest BCUT2D eigenvalue weighted by molar-refractivity contribution is 5.78. The fraction of sp³-hybridized carbons (Fsp3) is 0.333. The van der Waals surface area contributed by atoms with Crippen molar-refractivity contribution in [2.24, 2.45) is 22.2 Å². The molecular weight excluding hydrogens is 294 g/mol. The number of carbonyl (C=O) groups is 1. The van der Waals surface area contributed by atoms with Crippen molar-refractivity contribution in [3.05, 3.63) is 34.4 Å². The third-order valence-corrected chi connectivity index (χ3v) is 2.47. The molecule has 0 aromatic heterocycles. The number of esters is 1. The van der Waals surface area contributed by atoms with Gasteiger partial charge >= 0.3 is 5.97 Å². The van der Waals surface area contributed by atoms with Crippen molar-refractivity contribution >= 4 is 11.9 Å². The van der Waals surface area contributed by atoms with Crippen molar-refractivity contribution in [3.8, 4) is 11.5 Å². The lowest BCUT2D eigenvalue weighted by Crippen LogP contribution is -2.34.